The van der Waals surface area contributed by atoms with Crippen molar-refractivity contribution in [3.63, 3.8) is 0 Å². The van der Waals surface area contributed by atoms with Crippen molar-refractivity contribution in [3.8, 4) is 0 Å². The maximum Gasteiger partial charge on any atom is 0.192 e. The van der Waals surface area contributed by atoms with E-state index in [9.17, 15) is 4.39 Å². The normalized spacial score (nSPS) is 25.2. The van der Waals surface area contributed by atoms with Gasteiger partial charge < -0.3 is 25.0 Å². The van der Waals surface area contributed by atoms with Gasteiger partial charge in [-0.25, -0.2) is 14.4 Å². The predicted molar refractivity (Wildman–Crippen MR) is 121 cm³/mol. The van der Waals surface area contributed by atoms with Crippen LogP contribution in [-0.2, 0) is 9.47 Å². The molecule has 4 N–H and O–H groups in total. The van der Waals surface area contributed by atoms with Crippen LogP contribution in [0.5, 0.6) is 0 Å². The van der Waals surface area contributed by atoms with Gasteiger partial charge in [0.2, 0.25) is 0 Å². The molecule has 33 heavy (non-hydrogen) atoms. The van der Waals surface area contributed by atoms with Crippen molar-refractivity contribution in [3.05, 3.63) is 66.1 Å². The molecule has 2 saturated heterocycles. The van der Waals surface area contributed by atoms with Crippen molar-refractivity contribution < 1.29 is 13.9 Å². The summed E-state index contributed by atoms with van der Waals surface area (Å²) in [5.41, 5.74) is 7.72. The summed E-state index contributed by atoms with van der Waals surface area (Å²) in [6.45, 7) is 4.71. The van der Waals surface area contributed by atoms with Gasteiger partial charge in [-0.05, 0) is 17.7 Å². The summed E-state index contributed by atoms with van der Waals surface area (Å²) in [7, 11) is 0. The number of nitrogens with two attached hydrogens (primary N) is 1. The van der Waals surface area contributed by atoms with Gasteiger partial charge in [0.25, 0.3) is 0 Å². The zero-order valence-electron chi connectivity index (χ0n) is 18.5. The molecule has 1 spiro atoms. The number of nitrogens with one attached hydrogen (secondary N) is 2. The van der Waals surface area contributed by atoms with Gasteiger partial charge in [-0.1, -0.05) is 19.1 Å². The van der Waals surface area contributed by atoms with Gasteiger partial charge in [0.15, 0.2) is 11.6 Å². The Kier molecular flexibility index (Phi) is 5.73. The van der Waals surface area contributed by atoms with Crippen molar-refractivity contribution in [2.45, 2.75) is 37.3 Å². The fourth-order valence-electron chi connectivity index (χ4n) is 4.43. The molecule has 0 amide bonds. The minimum Gasteiger partial charge on any atom is -0.356 e. The van der Waals surface area contributed by atoms with Crippen LogP contribution in [0.1, 0.15) is 31.2 Å². The molecular weight excluding hydrogens is 425 g/mol. The highest BCUT2D eigenvalue weighted by molar-refractivity contribution is 5.95. The van der Waals surface area contributed by atoms with E-state index in [-0.39, 0.29) is 11.7 Å². The highest BCUT2D eigenvalue weighted by Gasteiger charge is 2.42. The molecule has 2 fully saturated rings. The lowest BCUT2D eigenvalue weighted by Gasteiger charge is -2.42. The first-order chi connectivity index (χ1) is 15.9. The number of likely N-dealkylation sites (tertiary alicyclic amines) is 1. The first-order valence-electron chi connectivity index (χ1n) is 11.1. The molecule has 3 aliphatic rings. The highest BCUT2D eigenvalue weighted by atomic mass is 19.1. The Labute approximate surface area is 191 Å². The lowest BCUT2D eigenvalue weighted by atomic mass is 9.93. The monoisotopic (exact) mass is 453 g/mol. The number of halogens is 1. The highest BCUT2D eigenvalue weighted by Crippen LogP contribution is 2.33. The summed E-state index contributed by atoms with van der Waals surface area (Å²) in [5.74, 6) is -0.188. The number of ether oxygens (including phenoxy) is 2. The number of aliphatic imine (C=N–C) groups is 1. The molecule has 3 aliphatic heterocycles. The molecule has 2 aromatic rings. The second-order valence-corrected chi connectivity index (χ2v) is 8.56. The Morgan fingerprint density at radius 1 is 1.15 bits per heavy atom. The van der Waals surface area contributed by atoms with Crippen molar-refractivity contribution in [1.82, 2.24) is 20.2 Å². The summed E-state index contributed by atoms with van der Waals surface area (Å²) in [4.78, 5) is 15.5. The van der Waals surface area contributed by atoms with Crippen LogP contribution in [0.4, 0.5) is 10.2 Å². The number of nitrogens with zero attached hydrogens (tertiary/aromatic N) is 4. The first kappa shape index (κ1) is 21.7. The molecule has 0 saturated carbocycles. The average Bonchev–Trinajstić information content (AvgIpc) is 3.28. The Hall–Kier alpha value is -3.08. The molecule has 0 bridgehead atoms. The van der Waals surface area contributed by atoms with Gasteiger partial charge in [0.1, 0.15) is 23.3 Å². The van der Waals surface area contributed by atoms with Gasteiger partial charge in [0.05, 0.1) is 19.4 Å². The molecule has 5 rings (SSSR count). The molecule has 1 aromatic carbocycles. The van der Waals surface area contributed by atoms with Gasteiger partial charge in [-0.2, -0.15) is 0 Å². The van der Waals surface area contributed by atoms with Crippen LogP contribution in [0.3, 0.4) is 0 Å². The van der Waals surface area contributed by atoms with E-state index in [4.69, 9.17) is 20.2 Å². The van der Waals surface area contributed by atoms with Crippen LogP contribution in [0.15, 0.2) is 59.7 Å². The number of hydrogen-bond acceptors (Lipinski definition) is 9. The van der Waals surface area contributed by atoms with Gasteiger partial charge in [-0.3, -0.25) is 10.7 Å². The zero-order valence-corrected chi connectivity index (χ0v) is 18.5. The smallest absolute Gasteiger partial charge is 0.192 e. The third-order valence-corrected chi connectivity index (χ3v) is 6.43. The second kappa shape index (κ2) is 8.69. The van der Waals surface area contributed by atoms with Gasteiger partial charge in [-0.15, -0.1) is 0 Å². The number of piperidine rings is 1. The Bertz CT molecular complexity index is 1030. The second-order valence-electron chi connectivity index (χ2n) is 8.56. The summed E-state index contributed by atoms with van der Waals surface area (Å²) in [6, 6.07) is 6.34. The fourth-order valence-corrected chi connectivity index (χ4v) is 4.43. The summed E-state index contributed by atoms with van der Waals surface area (Å²) < 4.78 is 25.2. The van der Waals surface area contributed by atoms with E-state index < -0.39 is 11.6 Å². The molecule has 1 unspecified atom stereocenters. The van der Waals surface area contributed by atoms with Gasteiger partial charge >= 0.3 is 0 Å². The van der Waals surface area contributed by atoms with Crippen LogP contribution in [0.25, 0.3) is 0 Å². The molecule has 1 aromatic heterocycles. The molecule has 2 atom stereocenters. The van der Waals surface area contributed by atoms with E-state index >= 15 is 0 Å². The minimum absolute atomic E-state index is 0.252. The lowest BCUT2D eigenvalue weighted by Crippen LogP contribution is -2.60. The molecule has 4 heterocycles. The Morgan fingerprint density at radius 3 is 2.55 bits per heavy atom. The van der Waals surface area contributed by atoms with Crippen molar-refractivity contribution >= 4 is 11.7 Å². The third kappa shape index (κ3) is 4.54. The van der Waals surface area contributed by atoms with Crippen LogP contribution in [0, 0.1) is 5.82 Å². The maximum absolute atomic E-state index is 13.5. The number of aromatic nitrogens is 2. The fraction of sp³-hybridized carbons (Fsp3) is 0.435. The van der Waals surface area contributed by atoms with E-state index in [1.54, 1.807) is 30.7 Å². The van der Waals surface area contributed by atoms with E-state index in [0.717, 1.165) is 37.3 Å². The third-order valence-electron chi connectivity index (χ3n) is 6.43. The topological polar surface area (TPSA) is 110 Å². The van der Waals surface area contributed by atoms with Crippen LogP contribution >= 0.6 is 0 Å². The Balaban J connectivity index is 1.43. The standard InChI is InChI=1S/C23H28FN7O2/c1-16(17-2-4-18(24)5-3-17)23(25)29-19(28-20-15-26-8-9-27-20)14-21(30-23)31-10-6-22(7-11-31)32-12-13-33-22/h2-5,8-9,14-16,29H,6-7,10-13,25H2,1H3,(H,27,28)/t16-,23?/m0/s1. The average molecular weight is 454 g/mol. The zero-order chi connectivity index (χ0) is 22.9. The molecule has 0 radical (unpaired) electrons. The van der Waals surface area contributed by atoms with Crippen LogP contribution in [-0.4, -0.2) is 58.6 Å². The summed E-state index contributed by atoms with van der Waals surface area (Å²) in [5, 5.41) is 6.56. The number of anilines is 1. The van der Waals surface area contributed by atoms with Crippen LogP contribution in [0.2, 0.25) is 0 Å². The van der Waals surface area contributed by atoms with E-state index in [2.05, 4.69) is 25.5 Å². The predicted octanol–water partition coefficient (Wildman–Crippen LogP) is 2.13. The lowest BCUT2D eigenvalue weighted by molar-refractivity contribution is -0.180. The molecule has 174 valence electrons. The SMILES string of the molecule is C[C@@H](c1ccc(F)cc1)C1(N)N=C(N2CCC3(CC2)OCCO3)C=C(Nc2cnccn2)N1. The quantitative estimate of drug-likeness (QED) is 0.646. The number of benzene rings is 1. The largest absolute Gasteiger partial charge is 0.356 e. The number of hydrogen-bond donors (Lipinski definition) is 3. The molecule has 10 heteroatoms. The number of rotatable bonds is 4. The van der Waals surface area contributed by atoms with E-state index in [1.165, 1.54) is 12.1 Å². The first-order valence-corrected chi connectivity index (χ1v) is 11.1. The van der Waals surface area contributed by atoms with Crippen molar-refractivity contribution in [1.29, 1.82) is 0 Å². The summed E-state index contributed by atoms with van der Waals surface area (Å²) >= 11 is 0. The van der Waals surface area contributed by atoms with Crippen LogP contribution < -0.4 is 16.4 Å². The Morgan fingerprint density at radius 2 is 1.88 bits per heavy atom. The molecular formula is C23H28FN7O2. The van der Waals surface area contributed by atoms with Crippen molar-refractivity contribution in [2.24, 2.45) is 10.7 Å². The van der Waals surface area contributed by atoms with E-state index in [1.807, 2.05) is 13.0 Å². The van der Waals surface area contributed by atoms with E-state index in [0.29, 0.717) is 24.9 Å². The molecule has 9 nitrogen and oxygen atoms in total. The molecule has 0 aliphatic carbocycles. The minimum atomic E-state index is -1.16. The summed E-state index contributed by atoms with van der Waals surface area (Å²) in [6.07, 6.45) is 8.29. The number of amidine groups is 1. The maximum atomic E-state index is 13.5. The van der Waals surface area contributed by atoms with Gasteiger partial charge in [0, 0.05) is 50.3 Å². The van der Waals surface area contributed by atoms with Crippen molar-refractivity contribution in [2.75, 3.05) is 31.6 Å².